The molecule has 33 heavy (non-hydrogen) atoms. The molecule has 1 atom stereocenters. The van der Waals surface area contributed by atoms with Crippen LogP contribution in [-0.2, 0) is 4.74 Å². The molecule has 0 aliphatic heterocycles. The first-order valence-corrected chi connectivity index (χ1v) is 12.3. The van der Waals surface area contributed by atoms with Crippen molar-refractivity contribution in [1.29, 1.82) is 0 Å². The fourth-order valence-electron chi connectivity index (χ4n) is 3.94. The van der Waals surface area contributed by atoms with Crippen LogP contribution in [0.2, 0.25) is 4.34 Å². The van der Waals surface area contributed by atoms with Crippen LogP contribution >= 0.6 is 22.9 Å². The molecule has 0 bridgehead atoms. The molecule has 4 aromatic rings. The van der Waals surface area contributed by atoms with E-state index < -0.39 is 6.09 Å². The standard InChI is InChI=1S/C28H24ClNO2S/c1-18(19-5-3-2-4-6-19)32-28(31)30-25-17-26(29)33-27(25)24-15-13-23(14-16-24)22-11-9-21(10-12-22)20-7-8-20/h2-6,9-18,20H,7-8H2,1H3,(H,30,31)/t18-/m1/s1. The number of amides is 1. The zero-order chi connectivity index (χ0) is 22.8. The topological polar surface area (TPSA) is 38.3 Å². The Morgan fingerprint density at radius 3 is 2.18 bits per heavy atom. The number of carbonyl (C=O) groups excluding carboxylic acids is 1. The van der Waals surface area contributed by atoms with Crippen molar-refractivity contribution in [3.63, 3.8) is 0 Å². The van der Waals surface area contributed by atoms with E-state index in [1.807, 2.05) is 37.3 Å². The van der Waals surface area contributed by atoms with Gasteiger partial charge in [0.05, 0.1) is 14.9 Å². The molecule has 5 heteroatoms. The van der Waals surface area contributed by atoms with E-state index in [-0.39, 0.29) is 6.10 Å². The number of anilines is 1. The summed E-state index contributed by atoms with van der Waals surface area (Å²) in [6.07, 6.45) is 1.77. The monoisotopic (exact) mass is 473 g/mol. The average molecular weight is 474 g/mol. The normalized spacial score (nSPS) is 14.0. The third-order valence-corrected chi connectivity index (χ3v) is 7.24. The highest BCUT2D eigenvalue weighted by Crippen LogP contribution is 2.41. The van der Waals surface area contributed by atoms with Crippen LogP contribution in [-0.4, -0.2) is 6.09 Å². The lowest BCUT2D eigenvalue weighted by atomic mass is 10.0. The minimum Gasteiger partial charge on any atom is -0.441 e. The molecular weight excluding hydrogens is 450 g/mol. The summed E-state index contributed by atoms with van der Waals surface area (Å²) in [5.74, 6) is 0.762. The number of hydrogen-bond donors (Lipinski definition) is 1. The van der Waals surface area contributed by atoms with Crippen LogP contribution in [0.25, 0.3) is 21.6 Å². The highest BCUT2D eigenvalue weighted by Gasteiger charge is 2.23. The molecule has 0 spiro atoms. The Bertz CT molecular complexity index is 1250. The summed E-state index contributed by atoms with van der Waals surface area (Å²) in [5.41, 5.74) is 6.39. The molecule has 1 aliphatic carbocycles. The van der Waals surface area contributed by atoms with Crippen molar-refractivity contribution >= 4 is 34.7 Å². The molecule has 1 aliphatic rings. The number of rotatable bonds is 6. The van der Waals surface area contributed by atoms with Crippen molar-refractivity contribution in [2.45, 2.75) is 31.8 Å². The van der Waals surface area contributed by atoms with Crippen molar-refractivity contribution in [2.24, 2.45) is 0 Å². The Labute approximate surface area is 203 Å². The van der Waals surface area contributed by atoms with Crippen LogP contribution < -0.4 is 5.32 Å². The molecule has 1 saturated carbocycles. The first kappa shape index (κ1) is 21.7. The van der Waals surface area contributed by atoms with E-state index in [4.69, 9.17) is 16.3 Å². The molecule has 1 aromatic heterocycles. The molecule has 5 rings (SSSR count). The first-order chi connectivity index (χ1) is 16.1. The van der Waals surface area contributed by atoms with Crippen LogP contribution in [0, 0.1) is 0 Å². The van der Waals surface area contributed by atoms with Gasteiger partial charge < -0.3 is 4.74 Å². The zero-order valence-electron chi connectivity index (χ0n) is 18.3. The lowest BCUT2D eigenvalue weighted by Gasteiger charge is -2.14. The predicted molar refractivity (Wildman–Crippen MR) is 137 cm³/mol. The van der Waals surface area contributed by atoms with Gasteiger partial charge in [0.15, 0.2) is 0 Å². The van der Waals surface area contributed by atoms with E-state index in [9.17, 15) is 4.79 Å². The quantitative estimate of drug-likeness (QED) is 0.303. The fourth-order valence-corrected chi connectivity index (χ4v) is 5.12. The van der Waals surface area contributed by atoms with Crippen LogP contribution in [0.3, 0.4) is 0 Å². The molecule has 3 aromatic carbocycles. The first-order valence-electron chi connectivity index (χ1n) is 11.1. The van der Waals surface area contributed by atoms with Crippen molar-refractivity contribution in [3.05, 3.63) is 100 Å². The Balaban J connectivity index is 1.30. The van der Waals surface area contributed by atoms with Crippen LogP contribution in [0.5, 0.6) is 0 Å². The van der Waals surface area contributed by atoms with Gasteiger partial charge in [-0.3, -0.25) is 5.32 Å². The summed E-state index contributed by atoms with van der Waals surface area (Å²) in [7, 11) is 0. The Hall–Kier alpha value is -3.08. The Kier molecular flexibility index (Phi) is 6.21. The lowest BCUT2D eigenvalue weighted by molar-refractivity contribution is 0.121. The van der Waals surface area contributed by atoms with Crippen molar-refractivity contribution < 1.29 is 9.53 Å². The molecule has 1 amide bonds. The maximum Gasteiger partial charge on any atom is 0.412 e. The van der Waals surface area contributed by atoms with Gasteiger partial charge >= 0.3 is 6.09 Å². The Morgan fingerprint density at radius 2 is 1.55 bits per heavy atom. The highest BCUT2D eigenvalue weighted by molar-refractivity contribution is 7.20. The molecule has 1 heterocycles. The second kappa shape index (κ2) is 9.42. The molecule has 166 valence electrons. The number of hydrogen-bond acceptors (Lipinski definition) is 3. The average Bonchev–Trinajstić information content (AvgIpc) is 3.63. The number of halogens is 1. The SMILES string of the molecule is C[C@@H](OC(=O)Nc1cc(Cl)sc1-c1ccc(-c2ccc(C3CC3)cc2)cc1)c1ccccc1. The van der Waals surface area contributed by atoms with Gasteiger partial charge in [0.2, 0.25) is 0 Å². The number of carbonyl (C=O) groups is 1. The van der Waals surface area contributed by atoms with Gasteiger partial charge in [0, 0.05) is 0 Å². The summed E-state index contributed by atoms with van der Waals surface area (Å²) in [5, 5.41) is 2.86. The van der Waals surface area contributed by atoms with Gasteiger partial charge in [-0.15, -0.1) is 11.3 Å². The van der Waals surface area contributed by atoms with Gasteiger partial charge in [-0.05, 0) is 59.6 Å². The van der Waals surface area contributed by atoms with Crippen molar-refractivity contribution in [1.82, 2.24) is 0 Å². The third kappa shape index (κ3) is 5.13. The molecule has 1 fully saturated rings. The molecule has 0 saturated heterocycles. The minimum atomic E-state index is -0.505. The smallest absolute Gasteiger partial charge is 0.412 e. The summed E-state index contributed by atoms with van der Waals surface area (Å²) in [6, 6.07) is 28.6. The molecule has 0 unspecified atom stereocenters. The summed E-state index contributed by atoms with van der Waals surface area (Å²) in [4.78, 5) is 13.4. The van der Waals surface area contributed by atoms with Crippen molar-refractivity contribution in [3.8, 4) is 21.6 Å². The largest absolute Gasteiger partial charge is 0.441 e. The van der Waals surface area contributed by atoms with E-state index in [1.165, 1.54) is 35.3 Å². The van der Waals surface area contributed by atoms with Gasteiger partial charge in [-0.1, -0.05) is 90.5 Å². The summed E-state index contributed by atoms with van der Waals surface area (Å²) >= 11 is 7.73. The minimum absolute atomic E-state index is 0.352. The zero-order valence-corrected chi connectivity index (χ0v) is 19.8. The van der Waals surface area contributed by atoms with Gasteiger partial charge in [0.1, 0.15) is 6.10 Å². The second-order valence-corrected chi connectivity index (χ2v) is 10.0. The van der Waals surface area contributed by atoms with Crippen LogP contribution in [0.15, 0.2) is 84.9 Å². The fraction of sp³-hybridized carbons (Fsp3) is 0.179. The van der Waals surface area contributed by atoms with E-state index in [0.29, 0.717) is 10.0 Å². The molecular formula is C28H24ClNO2S. The number of nitrogens with one attached hydrogen (secondary N) is 1. The number of benzene rings is 3. The van der Waals surface area contributed by atoms with Gasteiger partial charge in [-0.2, -0.15) is 0 Å². The molecule has 0 radical (unpaired) electrons. The summed E-state index contributed by atoms with van der Waals surface area (Å²) in [6.45, 7) is 1.85. The van der Waals surface area contributed by atoms with Crippen LogP contribution in [0.4, 0.5) is 10.5 Å². The van der Waals surface area contributed by atoms with E-state index in [0.717, 1.165) is 27.5 Å². The third-order valence-electron chi connectivity index (χ3n) is 5.93. The van der Waals surface area contributed by atoms with Gasteiger partial charge in [0.25, 0.3) is 0 Å². The van der Waals surface area contributed by atoms with Crippen molar-refractivity contribution in [2.75, 3.05) is 5.32 Å². The maximum absolute atomic E-state index is 12.5. The predicted octanol–water partition coefficient (Wildman–Crippen LogP) is 8.92. The van der Waals surface area contributed by atoms with E-state index in [1.54, 1.807) is 6.07 Å². The van der Waals surface area contributed by atoms with E-state index in [2.05, 4.69) is 53.8 Å². The molecule has 3 nitrogen and oxygen atoms in total. The van der Waals surface area contributed by atoms with Crippen LogP contribution in [0.1, 0.15) is 42.9 Å². The Morgan fingerprint density at radius 1 is 0.939 bits per heavy atom. The lowest BCUT2D eigenvalue weighted by Crippen LogP contribution is -2.16. The second-order valence-electron chi connectivity index (χ2n) is 8.35. The van der Waals surface area contributed by atoms with E-state index >= 15 is 0 Å². The molecule has 1 N–H and O–H groups in total. The number of ether oxygens (including phenoxy) is 1. The maximum atomic E-state index is 12.5. The number of thiophene rings is 1. The van der Waals surface area contributed by atoms with Gasteiger partial charge in [-0.25, -0.2) is 4.79 Å². The highest BCUT2D eigenvalue weighted by atomic mass is 35.5. The summed E-state index contributed by atoms with van der Waals surface area (Å²) < 4.78 is 6.17.